The van der Waals surface area contributed by atoms with E-state index in [4.69, 9.17) is 9.47 Å². The van der Waals surface area contributed by atoms with Crippen LogP contribution in [0.25, 0.3) is 5.69 Å². The summed E-state index contributed by atoms with van der Waals surface area (Å²) in [5.74, 6) is -0.334. The van der Waals surface area contributed by atoms with Gasteiger partial charge < -0.3 is 23.6 Å². The number of para-hydroxylation sites is 1. The number of carbonyl (C=O) groups excluding carboxylic acids is 1. The maximum absolute atomic E-state index is 15.6. The number of aliphatic hydroxyl groups is 1. The number of carbonyl (C=O) groups is 1. The van der Waals surface area contributed by atoms with Gasteiger partial charge in [0.25, 0.3) is 11.5 Å². The van der Waals surface area contributed by atoms with E-state index < -0.39 is 25.7 Å². The van der Waals surface area contributed by atoms with Gasteiger partial charge in [-0.1, -0.05) is 37.3 Å². The number of ether oxygens (including phenoxy) is 2. The lowest BCUT2D eigenvalue weighted by Gasteiger charge is -2.31. The van der Waals surface area contributed by atoms with Gasteiger partial charge in [-0.15, -0.1) is 0 Å². The van der Waals surface area contributed by atoms with Gasteiger partial charge in [0.05, 0.1) is 25.4 Å². The first-order valence-electron chi connectivity index (χ1n) is 12.9. The standard InChI is InChI=1S/C29H33FN2O5Si/c1-19-26(38(3,4)30)24(15-17-33)37-29(19)22-8-5-6-9-23(22)32(28(29)35)18-20-11-13-21(14-12-20)31-16-7-10-25(36-2)27(31)34/h5-14,16,19,24,26,33H,15,17-18H2,1-4H3/t19-,24+,26-,29+/m1/s1. The van der Waals surface area contributed by atoms with Crippen LogP contribution in [0.1, 0.15) is 24.5 Å². The van der Waals surface area contributed by atoms with E-state index in [0.717, 1.165) is 16.8 Å². The van der Waals surface area contributed by atoms with Crippen LogP contribution in [0.5, 0.6) is 5.75 Å². The number of fused-ring (bicyclic) bond motifs is 2. The average Bonchev–Trinajstić information content (AvgIpc) is 3.32. The molecule has 1 amide bonds. The van der Waals surface area contributed by atoms with Crippen LogP contribution < -0.4 is 15.2 Å². The van der Waals surface area contributed by atoms with Crippen LogP contribution in [-0.4, -0.2) is 43.8 Å². The molecule has 0 saturated carbocycles. The fourth-order valence-electron chi connectivity index (χ4n) is 6.33. The Labute approximate surface area is 222 Å². The highest BCUT2D eigenvalue weighted by atomic mass is 28.4. The predicted octanol–water partition coefficient (Wildman–Crippen LogP) is 4.55. The molecular formula is C29H33FN2O5Si. The van der Waals surface area contributed by atoms with Crippen LogP contribution in [0.2, 0.25) is 18.6 Å². The van der Waals surface area contributed by atoms with Gasteiger partial charge in [-0.3, -0.25) is 14.2 Å². The Kier molecular flexibility index (Phi) is 6.79. The molecule has 3 aromatic rings. The van der Waals surface area contributed by atoms with Crippen molar-refractivity contribution >= 4 is 20.0 Å². The smallest absolute Gasteiger partial charge is 0.297 e. The first kappa shape index (κ1) is 26.3. The van der Waals surface area contributed by atoms with Gasteiger partial charge in [-0.05, 0) is 55.4 Å². The molecule has 1 saturated heterocycles. The number of amides is 1. The minimum atomic E-state index is -3.22. The number of benzene rings is 2. The molecule has 4 atom stereocenters. The molecule has 200 valence electrons. The Balaban J connectivity index is 1.49. The normalized spacial score (nSPS) is 24.7. The van der Waals surface area contributed by atoms with Crippen molar-refractivity contribution in [2.75, 3.05) is 18.6 Å². The summed E-state index contributed by atoms with van der Waals surface area (Å²) in [5.41, 5.74) is 1.09. The number of halogens is 1. The monoisotopic (exact) mass is 536 g/mol. The number of hydrogen-bond donors (Lipinski definition) is 1. The number of nitrogens with zero attached hydrogens (tertiary/aromatic N) is 2. The third-order valence-corrected chi connectivity index (χ3v) is 10.4. The lowest BCUT2D eigenvalue weighted by atomic mass is 9.82. The highest BCUT2D eigenvalue weighted by Crippen LogP contribution is 2.60. The molecule has 0 bridgehead atoms. The lowest BCUT2D eigenvalue weighted by molar-refractivity contribution is -0.146. The quantitative estimate of drug-likeness (QED) is 0.354. The maximum atomic E-state index is 15.6. The van der Waals surface area contributed by atoms with Gasteiger partial charge >= 0.3 is 0 Å². The summed E-state index contributed by atoms with van der Waals surface area (Å²) in [4.78, 5) is 28.5. The van der Waals surface area contributed by atoms with Crippen molar-refractivity contribution in [2.45, 2.75) is 50.2 Å². The summed E-state index contributed by atoms with van der Waals surface area (Å²) in [7, 11) is -1.76. The molecule has 7 nitrogen and oxygen atoms in total. The minimum absolute atomic E-state index is 0.128. The first-order chi connectivity index (χ1) is 18.1. The minimum Gasteiger partial charge on any atom is -0.491 e. The zero-order valence-corrected chi connectivity index (χ0v) is 23.1. The Bertz CT molecular complexity index is 1400. The van der Waals surface area contributed by atoms with E-state index in [0.29, 0.717) is 12.2 Å². The van der Waals surface area contributed by atoms with Crippen LogP contribution in [0.3, 0.4) is 0 Å². The Morgan fingerprint density at radius 2 is 1.79 bits per heavy atom. The summed E-state index contributed by atoms with van der Waals surface area (Å²) < 4.78 is 28.7. The van der Waals surface area contributed by atoms with E-state index in [1.165, 1.54) is 11.7 Å². The van der Waals surface area contributed by atoms with Crippen LogP contribution in [0, 0.1) is 5.92 Å². The summed E-state index contributed by atoms with van der Waals surface area (Å²) in [6.45, 7) is 5.39. The molecule has 5 rings (SSSR count). The molecule has 0 unspecified atom stereocenters. The average molecular weight is 537 g/mol. The molecule has 38 heavy (non-hydrogen) atoms. The zero-order valence-electron chi connectivity index (χ0n) is 22.1. The van der Waals surface area contributed by atoms with Crippen molar-refractivity contribution in [2.24, 2.45) is 5.92 Å². The number of anilines is 1. The van der Waals surface area contributed by atoms with E-state index in [1.54, 1.807) is 36.3 Å². The molecule has 3 heterocycles. The molecule has 2 aliphatic heterocycles. The predicted molar refractivity (Wildman–Crippen MR) is 146 cm³/mol. The van der Waals surface area contributed by atoms with Crippen molar-refractivity contribution in [1.82, 2.24) is 4.57 Å². The van der Waals surface area contributed by atoms with Gasteiger partial charge in [0.2, 0.25) is 8.41 Å². The van der Waals surface area contributed by atoms with Crippen molar-refractivity contribution in [3.63, 3.8) is 0 Å². The summed E-state index contributed by atoms with van der Waals surface area (Å²) in [5, 5.41) is 9.68. The fourth-order valence-corrected chi connectivity index (χ4v) is 8.88. The second-order valence-corrected chi connectivity index (χ2v) is 14.4. The Hall–Kier alpha value is -3.27. The molecule has 1 fully saturated rings. The maximum Gasteiger partial charge on any atom is 0.297 e. The van der Waals surface area contributed by atoms with E-state index in [1.807, 2.05) is 55.5 Å². The van der Waals surface area contributed by atoms with Gasteiger partial charge in [-0.2, -0.15) is 0 Å². The number of methoxy groups -OCH3 is 1. The van der Waals surface area contributed by atoms with Crippen molar-refractivity contribution in [3.8, 4) is 11.4 Å². The summed E-state index contributed by atoms with van der Waals surface area (Å²) in [6.07, 6.45) is 1.44. The lowest BCUT2D eigenvalue weighted by Crippen LogP contribution is -2.45. The van der Waals surface area contributed by atoms with Crippen LogP contribution in [-0.2, 0) is 21.7 Å². The van der Waals surface area contributed by atoms with Crippen LogP contribution in [0.4, 0.5) is 9.80 Å². The van der Waals surface area contributed by atoms with Crippen molar-refractivity contribution in [3.05, 3.63) is 88.3 Å². The fraction of sp³-hybridized carbons (Fsp3) is 0.379. The zero-order chi connectivity index (χ0) is 27.2. The second kappa shape index (κ2) is 9.80. The SMILES string of the molecule is COc1cccn(-c2ccc(CN3C(=O)[C@@]4(O[C@@H](CCO)[C@H]([Si](C)(C)F)[C@H]4C)c4ccccc43)cc2)c1=O. The molecule has 1 spiro atoms. The Morgan fingerprint density at radius 1 is 1.08 bits per heavy atom. The van der Waals surface area contributed by atoms with Crippen molar-refractivity contribution < 1.29 is 23.5 Å². The highest BCUT2D eigenvalue weighted by Gasteiger charge is 2.66. The first-order valence-corrected chi connectivity index (χ1v) is 15.8. The molecule has 0 radical (unpaired) electrons. The molecular weight excluding hydrogens is 503 g/mol. The molecule has 9 heteroatoms. The van der Waals surface area contributed by atoms with Crippen molar-refractivity contribution in [1.29, 1.82) is 0 Å². The van der Waals surface area contributed by atoms with Crippen LogP contribution >= 0.6 is 0 Å². The van der Waals surface area contributed by atoms with Gasteiger partial charge in [-0.25, -0.2) is 0 Å². The van der Waals surface area contributed by atoms with Crippen LogP contribution in [0.15, 0.2) is 71.7 Å². The van der Waals surface area contributed by atoms with Gasteiger partial charge in [0, 0.05) is 35.5 Å². The molecule has 1 aromatic heterocycles. The molecule has 2 aromatic carbocycles. The third-order valence-electron chi connectivity index (χ3n) is 7.97. The van der Waals surface area contributed by atoms with E-state index in [9.17, 15) is 14.7 Å². The largest absolute Gasteiger partial charge is 0.491 e. The number of hydrogen-bond acceptors (Lipinski definition) is 5. The highest BCUT2D eigenvalue weighted by molar-refractivity contribution is 6.72. The number of aromatic nitrogens is 1. The van der Waals surface area contributed by atoms with Gasteiger partial charge in [0.1, 0.15) is 0 Å². The van der Waals surface area contributed by atoms with E-state index in [2.05, 4.69) is 0 Å². The molecule has 0 aliphatic carbocycles. The number of pyridine rings is 1. The topological polar surface area (TPSA) is 81.0 Å². The third kappa shape index (κ3) is 4.09. The van der Waals surface area contributed by atoms with Gasteiger partial charge in [0.15, 0.2) is 11.4 Å². The summed E-state index contributed by atoms with van der Waals surface area (Å²) in [6, 6.07) is 18.3. The molecule has 1 N–H and O–H groups in total. The number of aliphatic hydroxyl groups excluding tert-OH is 1. The molecule has 2 aliphatic rings. The second-order valence-electron chi connectivity index (χ2n) is 10.6. The number of rotatable bonds is 7. The van der Waals surface area contributed by atoms with E-state index >= 15 is 4.11 Å². The summed E-state index contributed by atoms with van der Waals surface area (Å²) >= 11 is 0. The van der Waals surface area contributed by atoms with E-state index in [-0.39, 0.29) is 36.2 Å². The Morgan fingerprint density at radius 3 is 2.45 bits per heavy atom.